The molecule has 1 saturated heterocycles. The van der Waals surface area contributed by atoms with Crippen molar-refractivity contribution in [3.05, 3.63) is 0 Å². The summed E-state index contributed by atoms with van der Waals surface area (Å²) >= 11 is 0. The first-order chi connectivity index (χ1) is 5.20. The molecule has 1 fully saturated rings. The van der Waals surface area contributed by atoms with Gasteiger partial charge < -0.3 is 4.74 Å². The monoisotopic (exact) mass is 172 g/mol. The van der Waals surface area contributed by atoms with Crippen LogP contribution in [0.2, 0.25) is 0 Å². The molecule has 0 aliphatic carbocycles. The molecule has 1 aliphatic heterocycles. The molecule has 2 heteroatoms. The van der Waals surface area contributed by atoms with E-state index in [1.165, 1.54) is 29.5 Å². The van der Waals surface area contributed by atoms with Crippen molar-refractivity contribution in [1.82, 2.24) is 0 Å². The van der Waals surface area contributed by atoms with Crippen molar-refractivity contribution in [3.63, 3.8) is 0 Å². The first-order valence-corrected chi connectivity index (χ1v) is 5.97. The zero-order valence-corrected chi connectivity index (χ0v) is 9.97. The highest BCUT2D eigenvalue weighted by Gasteiger charge is 2.21. The van der Waals surface area contributed by atoms with Crippen molar-refractivity contribution < 1.29 is 4.74 Å². The number of hydrogen-bond donors (Lipinski definition) is 0. The SMILES string of the molecule is CC(C)CC1CCCOC1[SiH3]. The molecule has 0 bridgehead atoms. The summed E-state index contributed by atoms with van der Waals surface area (Å²) < 4.78 is 5.65. The summed E-state index contributed by atoms with van der Waals surface area (Å²) in [6.45, 7) is 5.63. The summed E-state index contributed by atoms with van der Waals surface area (Å²) in [4.78, 5) is 0. The fourth-order valence-electron chi connectivity index (χ4n) is 1.90. The van der Waals surface area contributed by atoms with E-state index in [9.17, 15) is 0 Å². The Morgan fingerprint density at radius 1 is 1.55 bits per heavy atom. The smallest absolute Gasteiger partial charge is 0.0465 e. The first-order valence-electron chi connectivity index (χ1n) is 4.81. The molecule has 0 aromatic heterocycles. The van der Waals surface area contributed by atoms with Crippen molar-refractivity contribution in [1.29, 1.82) is 0 Å². The van der Waals surface area contributed by atoms with Crippen molar-refractivity contribution in [2.45, 2.75) is 38.8 Å². The number of rotatable bonds is 2. The molecule has 0 aromatic rings. The summed E-state index contributed by atoms with van der Waals surface area (Å²) in [5.41, 5.74) is 0.645. The molecule has 1 aliphatic rings. The molecule has 2 unspecified atom stereocenters. The van der Waals surface area contributed by atoms with E-state index in [2.05, 4.69) is 13.8 Å². The molecular weight excluding hydrogens is 152 g/mol. The Kier molecular flexibility index (Phi) is 3.59. The third-order valence-corrected chi connectivity index (χ3v) is 3.81. The Balaban J connectivity index is 2.29. The van der Waals surface area contributed by atoms with Crippen molar-refractivity contribution >= 4 is 10.2 Å². The molecule has 0 saturated carbocycles. The van der Waals surface area contributed by atoms with Gasteiger partial charge in [0.1, 0.15) is 0 Å². The molecular formula is C9H20OSi. The molecule has 0 amide bonds. The number of hydrogen-bond acceptors (Lipinski definition) is 1. The quantitative estimate of drug-likeness (QED) is 0.568. The standard InChI is InChI=1S/C9H20OSi/c1-7(2)6-8-4-3-5-10-9(8)11/h7-9H,3-6H2,1-2,11H3. The van der Waals surface area contributed by atoms with Gasteiger partial charge in [0.15, 0.2) is 0 Å². The van der Waals surface area contributed by atoms with E-state index in [0.29, 0.717) is 5.73 Å². The van der Waals surface area contributed by atoms with Crippen LogP contribution in [0.4, 0.5) is 0 Å². The van der Waals surface area contributed by atoms with E-state index in [1.807, 2.05) is 0 Å². The average molecular weight is 172 g/mol. The lowest BCUT2D eigenvalue weighted by Gasteiger charge is -2.30. The van der Waals surface area contributed by atoms with Crippen molar-refractivity contribution in [2.24, 2.45) is 11.8 Å². The predicted octanol–water partition coefficient (Wildman–Crippen LogP) is 1.15. The summed E-state index contributed by atoms with van der Waals surface area (Å²) in [7, 11) is 1.22. The third-order valence-electron chi connectivity index (χ3n) is 2.54. The average Bonchev–Trinajstić information content (AvgIpc) is 1.93. The van der Waals surface area contributed by atoms with E-state index >= 15 is 0 Å². The molecule has 11 heavy (non-hydrogen) atoms. The largest absolute Gasteiger partial charge is 0.382 e. The lowest BCUT2D eigenvalue weighted by molar-refractivity contribution is 0.0174. The van der Waals surface area contributed by atoms with Crippen LogP contribution in [0.5, 0.6) is 0 Å². The molecule has 0 spiro atoms. The Morgan fingerprint density at radius 2 is 2.27 bits per heavy atom. The predicted molar refractivity (Wildman–Crippen MR) is 51.9 cm³/mol. The van der Waals surface area contributed by atoms with Crippen LogP contribution in [0.3, 0.4) is 0 Å². The second kappa shape index (κ2) is 4.26. The van der Waals surface area contributed by atoms with Crippen LogP contribution >= 0.6 is 0 Å². The van der Waals surface area contributed by atoms with Gasteiger partial charge in [0.25, 0.3) is 0 Å². The lowest BCUT2D eigenvalue weighted by atomic mass is 9.92. The van der Waals surface area contributed by atoms with Gasteiger partial charge in [-0.05, 0) is 31.1 Å². The fourth-order valence-corrected chi connectivity index (χ4v) is 2.74. The van der Waals surface area contributed by atoms with Gasteiger partial charge in [-0.1, -0.05) is 13.8 Å². The molecule has 1 nitrogen and oxygen atoms in total. The van der Waals surface area contributed by atoms with Crippen molar-refractivity contribution in [2.75, 3.05) is 6.61 Å². The maximum Gasteiger partial charge on any atom is 0.0465 e. The van der Waals surface area contributed by atoms with Crippen LogP contribution in [0.25, 0.3) is 0 Å². The van der Waals surface area contributed by atoms with Gasteiger partial charge in [0, 0.05) is 22.6 Å². The molecule has 0 aromatic carbocycles. The summed E-state index contributed by atoms with van der Waals surface area (Å²) in [5, 5.41) is 0. The zero-order valence-electron chi connectivity index (χ0n) is 7.97. The molecule has 2 atom stereocenters. The Morgan fingerprint density at radius 3 is 2.82 bits per heavy atom. The maximum atomic E-state index is 5.65. The fraction of sp³-hybridized carbons (Fsp3) is 1.00. The minimum Gasteiger partial charge on any atom is -0.382 e. The van der Waals surface area contributed by atoms with Crippen LogP contribution in [-0.4, -0.2) is 22.6 Å². The highest BCUT2D eigenvalue weighted by Crippen LogP contribution is 2.25. The maximum absolute atomic E-state index is 5.65. The molecule has 0 radical (unpaired) electrons. The van der Waals surface area contributed by atoms with Gasteiger partial charge in [0.05, 0.1) is 0 Å². The van der Waals surface area contributed by atoms with Gasteiger partial charge in [-0.2, -0.15) is 0 Å². The van der Waals surface area contributed by atoms with Crippen LogP contribution in [-0.2, 0) is 4.74 Å². The second-order valence-electron chi connectivity index (χ2n) is 4.11. The third kappa shape index (κ3) is 2.95. The zero-order chi connectivity index (χ0) is 8.27. The van der Waals surface area contributed by atoms with Crippen LogP contribution in [0, 0.1) is 11.8 Å². The minimum absolute atomic E-state index is 0.645. The minimum atomic E-state index is 0.645. The van der Waals surface area contributed by atoms with E-state index in [1.54, 1.807) is 0 Å². The Hall–Kier alpha value is 0.177. The van der Waals surface area contributed by atoms with Gasteiger partial charge in [-0.3, -0.25) is 0 Å². The van der Waals surface area contributed by atoms with Gasteiger partial charge >= 0.3 is 0 Å². The van der Waals surface area contributed by atoms with E-state index < -0.39 is 0 Å². The Bertz CT molecular complexity index is 114. The van der Waals surface area contributed by atoms with Crippen LogP contribution in [0.1, 0.15) is 33.1 Å². The normalized spacial score (nSPS) is 33.0. The van der Waals surface area contributed by atoms with Crippen LogP contribution in [0.15, 0.2) is 0 Å². The lowest BCUT2D eigenvalue weighted by Crippen LogP contribution is -2.30. The molecule has 66 valence electrons. The second-order valence-corrected chi connectivity index (χ2v) is 5.25. The molecule has 1 heterocycles. The van der Waals surface area contributed by atoms with Crippen molar-refractivity contribution in [3.8, 4) is 0 Å². The topological polar surface area (TPSA) is 9.23 Å². The highest BCUT2D eigenvalue weighted by molar-refractivity contribution is 6.11. The van der Waals surface area contributed by atoms with E-state index in [0.717, 1.165) is 18.4 Å². The summed E-state index contributed by atoms with van der Waals surface area (Å²) in [5.74, 6) is 1.73. The molecule has 1 rings (SSSR count). The van der Waals surface area contributed by atoms with Gasteiger partial charge in [-0.25, -0.2) is 0 Å². The molecule has 0 N–H and O–H groups in total. The first kappa shape index (κ1) is 9.27. The van der Waals surface area contributed by atoms with Gasteiger partial charge in [0.2, 0.25) is 0 Å². The Labute approximate surface area is 72.9 Å². The van der Waals surface area contributed by atoms with E-state index in [4.69, 9.17) is 4.74 Å². The summed E-state index contributed by atoms with van der Waals surface area (Å²) in [6.07, 6.45) is 4.07. The van der Waals surface area contributed by atoms with Crippen LogP contribution < -0.4 is 0 Å². The summed E-state index contributed by atoms with van der Waals surface area (Å²) in [6, 6.07) is 0. The van der Waals surface area contributed by atoms with E-state index in [-0.39, 0.29) is 0 Å². The highest BCUT2D eigenvalue weighted by atomic mass is 28.1. The number of ether oxygens (including phenoxy) is 1. The van der Waals surface area contributed by atoms with Gasteiger partial charge in [-0.15, -0.1) is 0 Å².